The van der Waals surface area contributed by atoms with E-state index in [1.54, 1.807) is 6.07 Å². The van der Waals surface area contributed by atoms with Gasteiger partial charge in [-0.1, -0.05) is 13.0 Å². The molecule has 0 radical (unpaired) electrons. The molecule has 2 aromatic carbocycles. The molecule has 0 bridgehead atoms. The van der Waals surface area contributed by atoms with Gasteiger partial charge >= 0.3 is 0 Å². The van der Waals surface area contributed by atoms with Gasteiger partial charge in [-0.05, 0) is 24.3 Å². The van der Waals surface area contributed by atoms with Crippen LogP contribution in [0.15, 0.2) is 72.3 Å². The second-order valence-electron chi connectivity index (χ2n) is 7.91. The molecule has 0 atom stereocenters. The lowest BCUT2D eigenvalue weighted by Crippen LogP contribution is -2.13. The number of H-pyrrole nitrogens is 1. The summed E-state index contributed by atoms with van der Waals surface area (Å²) in [6, 6.07) is 9.66. The number of rotatable bonds is 8. The van der Waals surface area contributed by atoms with Gasteiger partial charge in [0.15, 0.2) is 38.0 Å². The van der Waals surface area contributed by atoms with Crippen molar-refractivity contribution in [3.05, 3.63) is 78.6 Å². The normalized spacial score (nSPS) is 11.4. The van der Waals surface area contributed by atoms with Crippen LogP contribution < -0.4 is 15.2 Å². The zero-order valence-electron chi connectivity index (χ0n) is 19.8. The number of amides is 1. The van der Waals surface area contributed by atoms with Crippen LogP contribution in [-0.2, 0) is 9.84 Å². The number of para-hydroxylation sites is 1. The van der Waals surface area contributed by atoms with Crippen molar-refractivity contribution in [3.63, 3.8) is 0 Å². The van der Waals surface area contributed by atoms with Crippen LogP contribution in [0.25, 0.3) is 22.6 Å². The summed E-state index contributed by atoms with van der Waals surface area (Å²) in [7, 11) is -3.48. The summed E-state index contributed by atoms with van der Waals surface area (Å²) in [5.74, 6) is -1.27. The molecule has 0 aliphatic carbocycles. The van der Waals surface area contributed by atoms with Gasteiger partial charge in [0.05, 0.1) is 29.2 Å². The highest BCUT2D eigenvalue weighted by molar-refractivity contribution is 7.91. The first-order valence-electron chi connectivity index (χ1n) is 11.2. The van der Waals surface area contributed by atoms with Crippen molar-refractivity contribution in [2.24, 2.45) is 5.73 Å². The first-order valence-corrected chi connectivity index (χ1v) is 12.8. The van der Waals surface area contributed by atoms with Crippen LogP contribution in [0, 0.1) is 5.82 Å². The maximum absolute atomic E-state index is 14.7. The number of hydrogen-bond acceptors (Lipinski definition) is 9. The molecule has 0 aliphatic heterocycles. The van der Waals surface area contributed by atoms with E-state index in [9.17, 15) is 17.6 Å². The molecule has 0 saturated carbocycles. The van der Waals surface area contributed by atoms with Crippen molar-refractivity contribution in [2.75, 3.05) is 5.75 Å². The van der Waals surface area contributed by atoms with E-state index in [0.29, 0.717) is 22.6 Å². The Kier molecular flexibility index (Phi) is 6.43. The lowest BCUT2D eigenvalue weighted by molar-refractivity contribution is 0.0997. The van der Waals surface area contributed by atoms with E-state index >= 15 is 0 Å². The summed E-state index contributed by atoms with van der Waals surface area (Å²) in [6.07, 6.45) is 5.80. The van der Waals surface area contributed by atoms with Crippen molar-refractivity contribution in [1.29, 1.82) is 0 Å². The number of carbonyl (C=O) groups excluding carboxylic acids is 1. The maximum atomic E-state index is 14.7. The molecular formula is C25H19FN6O5S. The Morgan fingerprint density at radius 2 is 1.89 bits per heavy atom. The summed E-state index contributed by atoms with van der Waals surface area (Å²) in [5.41, 5.74) is 6.43. The lowest BCUT2D eigenvalue weighted by Gasteiger charge is -2.12. The largest absolute Gasteiger partial charge is 0.456 e. The van der Waals surface area contributed by atoms with Crippen molar-refractivity contribution < 1.29 is 27.1 Å². The quantitative estimate of drug-likeness (QED) is 0.299. The van der Waals surface area contributed by atoms with Gasteiger partial charge in [-0.2, -0.15) is 0 Å². The van der Waals surface area contributed by atoms with Crippen molar-refractivity contribution in [2.45, 2.75) is 11.9 Å². The molecule has 13 heteroatoms. The van der Waals surface area contributed by atoms with Gasteiger partial charge in [-0.15, -0.1) is 0 Å². The number of fused-ring (bicyclic) bond motifs is 1. The molecule has 0 fully saturated rings. The van der Waals surface area contributed by atoms with Crippen molar-refractivity contribution in [3.8, 4) is 34.5 Å². The van der Waals surface area contributed by atoms with Crippen LogP contribution in [0.3, 0.4) is 0 Å². The average molecular weight is 535 g/mol. The van der Waals surface area contributed by atoms with Gasteiger partial charge in [-0.3, -0.25) is 9.78 Å². The lowest BCUT2D eigenvalue weighted by atomic mass is 10.2. The van der Waals surface area contributed by atoms with Gasteiger partial charge < -0.3 is 20.2 Å². The number of benzene rings is 2. The second-order valence-corrected chi connectivity index (χ2v) is 10.1. The molecule has 38 heavy (non-hydrogen) atoms. The summed E-state index contributed by atoms with van der Waals surface area (Å²) >= 11 is 0. The number of ether oxygens (including phenoxy) is 2. The molecular weight excluding hydrogens is 515 g/mol. The Hall–Kier alpha value is -4.91. The van der Waals surface area contributed by atoms with Crippen LogP contribution >= 0.6 is 0 Å². The molecule has 3 aromatic heterocycles. The predicted octanol–water partition coefficient (Wildman–Crippen LogP) is 4.03. The number of nitrogens with two attached hydrogens (primary N) is 1. The number of primary amides is 1. The summed E-state index contributed by atoms with van der Waals surface area (Å²) < 4.78 is 50.6. The maximum Gasteiger partial charge on any atom is 0.252 e. The number of pyridine rings is 1. The minimum atomic E-state index is -3.48. The molecule has 1 amide bonds. The fourth-order valence-corrected chi connectivity index (χ4v) is 4.34. The van der Waals surface area contributed by atoms with Gasteiger partial charge in [0.2, 0.25) is 0 Å². The number of aromatic amines is 1. The van der Waals surface area contributed by atoms with Crippen LogP contribution in [0.2, 0.25) is 0 Å². The fourth-order valence-electron chi connectivity index (χ4n) is 3.55. The van der Waals surface area contributed by atoms with E-state index in [-0.39, 0.29) is 39.3 Å². The predicted molar refractivity (Wildman–Crippen MR) is 134 cm³/mol. The van der Waals surface area contributed by atoms with Gasteiger partial charge in [-0.25, -0.2) is 27.8 Å². The topological polar surface area (TPSA) is 163 Å². The zero-order chi connectivity index (χ0) is 26.9. The third-order valence-electron chi connectivity index (χ3n) is 5.42. The minimum Gasteiger partial charge on any atom is -0.456 e. The zero-order valence-corrected chi connectivity index (χ0v) is 20.6. The third-order valence-corrected chi connectivity index (χ3v) is 7.06. The van der Waals surface area contributed by atoms with Gasteiger partial charge in [0.25, 0.3) is 5.91 Å². The standard InChI is InChI=1S/C25H19FN6O5S/c1-2-38(34,35)21-7-6-14(12-30-21)36-15-10-18-22(32-25(31-18)19-13-28-8-9-29-19)20(11-15)37-23-16(24(27)33)4-3-5-17(23)26/h3-13H,2H2,1H3,(H2,27,33)(H,31,32). The number of hydrogen-bond donors (Lipinski definition) is 2. The molecule has 0 unspecified atom stereocenters. The molecule has 11 nitrogen and oxygen atoms in total. The number of nitrogens with one attached hydrogen (secondary N) is 1. The van der Waals surface area contributed by atoms with Gasteiger partial charge in [0.1, 0.15) is 22.7 Å². The van der Waals surface area contributed by atoms with Gasteiger partial charge in [0, 0.05) is 24.5 Å². The van der Waals surface area contributed by atoms with Crippen molar-refractivity contribution in [1.82, 2.24) is 24.9 Å². The number of sulfone groups is 1. The van der Waals surface area contributed by atoms with Crippen LogP contribution in [0.1, 0.15) is 17.3 Å². The van der Waals surface area contributed by atoms with E-state index in [2.05, 4.69) is 24.9 Å². The number of halogens is 1. The molecule has 0 spiro atoms. The average Bonchev–Trinajstić information content (AvgIpc) is 3.35. The molecule has 0 aliphatic rings. The Balaban J connectivity index is 1.60. The monoisotopic (exact) mass is 534 g/mol. The van der Waals surface area contributed by atoms with Crippen LogP contribution in [0.4, 0.5) is 4.39 Å². The minimum absolute atomic E-state index is 0.0506. The molecule has 5 rings (SSSR count). The highest BCUT2D eigenvalue weighted by Crippen LogP contribution is 2.38. The Morgan fingerprint density at radius 3 is 2.58 bits per heavy atom. The van der Waals surface area contributed by atoms with E-state index in [1.807, 2.05) is 0 Å². The van der Waals surface area contributed by atoms with Crippen LogP contribution in [0.5, 0.6) is 23.0 Å². The smallest absolute Gasteiger partial charge is 0.252 e. The Morgan fingerprint density at radius 1 is 1.05 bits per heavy atom. The molecule has 3 N–H and O–H groups in total. The molecule has 3 heterocycles. The summed E-state index contributed by atoms with van der Waals surface area (Å²) in [4.78, 5) is 31.8. The molecule has 5 aromatic rings. The number of aromatic nitrogens is 5. The number of nitrogens with zero attached hydrogens (tertiary/aromatic N) is 4. The molecule has 0 saturated heterocycles. The summed E-state index contributed by atoms with van der Waals surface area (Å²) in [6.45, 7) is 1.52. The van der Waals surface area contributed by atoms with E-state index in [4.69, 9.17) is 15.2 Å². The highest BCUT2D eigenvalue weighted by atomic mass is 32.2. The highest BCUT2D eigenvalue weighted by Gasteiger charge is 2.20. The van der Waals surface area contributed by atoms with E-state index < -0.39 is 21.6 Å². The first kappa shape index (κ1) is 24.8. The number of imidazole rings is 1. The van der Waals surface area contributed by atoms with Crippen molar-refractivity contribution >= 4 is 26.8 Å². The first-order chi connectivity index (χ1) is 18.2. The fraction of sp³-hybridized carbons (Fsp3) is 0.0800. The van der Waals surface area contributed by atoms with Crippen LogP contribution in [-0.4, -0.2) is 45.0 Å². The number of carbonyl (C=O) groups is 1. The Bertz CT molecular complexity index is 1760. The third kappa shape index (κ3) is 4.86. The SMILES string of the molecule is CCS(=O)(=O)c1ccc(Oc2cc(Oc3c(F)cccc3C(N)=O)c3nc(-c4cnccn4)[nH]c3c2)cn1. The Labute approximate surface area is 215 Å². The summed E-state index contributed by atoms with van der Waals surface area (Å²) in [5, 5.41) is -0.0764. The second kappa shape index (κ2) is 9.86. The molecule has 192 valence electrons. The van der Waals surface area contributed by atoms with E-state index in [0.717, 1.165) is 6.07 Å². The van der Waals surface area contributed by atoms with E-state index in [1.165, 1.54) is 62.0 Å².